The Morgan fingerprint density at radius 3 is 2.41 bits per heavy atom. The minimum Gasteiger partial charge on any atom is -0.393 e. The molecule has 1 nitrogen and oxygen atoms in total. The van der Waals surface area contributed by atoms with Gasteiger partial charge in [-0.05, 0) is 55.4 Å². The molecule has 0 radical (unpaired) electrons. The van der Waals surface area contributed by atoms with E-state index in [9.17, 15) is 18.3 Å². The molecule has 4 heteroatoms. The maximum atomic E-state index is 12.8. The minimum absolute atomic E-state index is 0.353. The van der Waals surface area contributed by atoms with E-state index in [0.29, 0.717) is 31.2 Å². The van der Waals surface area contributed by atoms with Gasteiger partial charge < -0.3 is 5.11 Å². The molecule has 1 atom stereocenters. The molecule has 1 N–H and O–H groups in total. The molecule has 0 amide bonds. The van der Waals surface area contributed by atoms with E-state index in [2.05, 4.69) is 6.58 Å². The van der Waals surface area contributed by atoms with E-state index in [4.69, 9.17) is 0 Å². The summed E-state index contributed by atoms with van der Waals surface area (Å²) in [4.78, 5) is 0. The van der Waals surface area contributed by atoms with Gasteiger partial charge in [0.05, 0.1) is 11.7 Å². The van der Waals surface area contributed by atoms with Gasteiger partial charge in [-0.15, -0.1) is 0 Å². The second-order valence-corrected chi connectivity index (χ2v) is 5.74. The number of halogens is 3. The van der Waals surface area contributed by atoms with Crippen LogP contribution in [0.25, 0.3) is 0 Å². The van der Waals surface area contributed by atoms with Gasteiger partial charge in [0.15, 0.2) is 0 Å². The van der Waals surface area contributed by atoms with Gasteiger partial charge in [0, 0.05) is 0 Å². The van der Waals surface area contributed by atoms with Crippen LogP contribution >= 0.6 is 0 Å². The molecule has 22 heavy (non-hydrogen) atoms. The predicted octanol–water partition coefficient (Wildman–Crippen LogP) is 5.31. The van der Waals surface area contributed by atoms with Crippen molar-refractivity contribution in [3.63, 3.8) is 0 Å². The summed E-state index contributed by atoms with van der Waals surface area (Å²) in [5, 5.41) is 9.73. The molecule has 1 aromatic rings. The third kappa shape index (κ3) is 5.84. The highest BCUT2D eigenvalue weighted by molar-refractivity contribution is 5.36. The first kappa shape index (κ1) is 18.8. The molecule has 0 bridgehead atoms. The number of benzene rings is 1. The van der Waals surface area contributed by atoms with Gasteiger partial charge in [0.25, 0.3) is 0 Å². The molecule has 0 saturated heterocycles. The Bertz CT molecular complexity index is 492. The van der Waals surface area contributed by atoms with E-state index in [1.54, 1.807) is 6.07 Å². The first-order valence-corrected chi connectivity index (χ1v) is 7.81. The molecule has 0 heterocycles. The molecular formula is C18H25F3O. The molecule has 0 spiro atoms. The molecule has 124 valence electrons. The average Bonchev–Trinajstić information content (AvgIpc) is 2.44. The van der Waals surface area contributed by atoms with Crippen LogP contribution in [0.4, 0.5) is 13.2 Å². The fourth-order valence-electron chi connectivity index (χ4n) is 2.52. The minimum atomic E-state index is -4.32. The molecule has 1 rings (SSSR count). The van der Waals surface area contributed by atoms with Crippen molar-refractivity contribution in [3.05, 3.63) is 47.0 Å². The maximum Gasteiger partial charge on any atom is 0.416 e. The quantitative estimate of drug-likeness (QED) is 0.645. The summed E-state index contributed by atoms with van der Waals surface area (Å²) in [5.41, 5.74) is 1.86. The molecule has 0 aromatic heterocycles. The Balaban J connectivity index is 2.76. The van der Waals surface area contributed by atoms with Crippen molar-refractivity contribution in [1.29, 1.82) is 0 Å². The first-order chi connectivity index (χ1) is 10.3. The van der Waals surface area contributed by atoms with Gasteiger partial charge in [-0.3, -0.25) is 0 Å². The smallest absolute Gasteiger partial charge is 0.393 e. The zero-order valence-corrected chi connectivity index (χ0v) is 13.3. The summed E-state index contributed by atoms with van der Waals surface area (Å²) in [6.07, 6.45) is -0.620. The van der Waals surface area contributed by atoms with Crippen molar-refractivity contribution in [2.45, 2.75) is 64.7 Å². The summed E-state index contributed by atoms with van der Waals surface area (Å²) in [7, 11) is 0. The van der Waals surface area contributed by atoms with Crippen LogP contribution < -0.4 is 0 Å². The average molecular weight is 314 g/mol. The molecule has 0 aliphatic heterocycles. The van der Waals surface area contributed by atoms with Gasteiger partial charge in [-0.2, -0.15) is 13.2 Å². The number of aryl methyl sites for hydroxylation is 1. The zero-order valence-electron chi connectivity index (χ0n) is 13.3. The number of allylic oxidation sites excluding steroid dienone is 1. The number of aliphatic hydroxyl groups is 1. The second kappa shape index (κ2) is 8.37. The van der Waals surface area contributed by atoms with Crippen LogP contribution in [0, 0.1) is 0 Å². The Hall–Kier alpha value is -1.29. The largest absolute Gasteiger partial charge is 0.416 e. The van der Waals surface area contributed by atoms with Gasteiger partial charge in [-0.25, -0.2) is 0 Å². The first-order valence-electron chi connectivity index (χ1n) is 7.81. The van der Waals surface area contributed by atoms with E-state index in [1.807, 2.05) is 13.8 Å². The molecule has 0 aliphatic carbocycles. The Kier molecular flexibility index (Phi) is 7.14. The van der Waals surface area contributed by atoms with E-state index in [-0.39, 0.29) is 6.10 Å². The Morgan fingerprint density at radius 1 is 1.18 bits per heavy atom. The lowest BCUT2D eigenvalue weighted by molar-refractivity contribution is -0.137. The lowest BCUT2D eigenvalue weighted by Gasteiger charge is -2.15. The topological polar surface area (TPSA) is 20.2 Å². The zero-order chi connectivity index (χ0) is 16.8. The lowest BCUT2D eigenvalue weighted by atomic mass is 9.94. The summed E-state index contributed by atoms with van der Waals surface area (Å²) in [6, 6.07) is 3.92. The highest BCUT2D eigenvalue weighted by Gasteiger charge is 2.30. The van der Waals surface area contributed by atoms with Crippen LogP contribution in [0.2, 0.25) is 0 Å². The van der Waals surface area contributed by atoms with Crippen LogP contribution in [-0.2, 0) is 19.0 Å². The molecule has 1 unspecified atom stereocenters. The van der Waals surface area contributed by atoms with Crippen LogP contribution in [0.3, 0.4) is 0 Å². The summed E-state index contributed by atoms with van der Waals surface area (Å²) in [5.74, 6) is 0. The van der Waals surface area contributed by atoms with Crippen LogP contribution in [0.1, 0.15) is 56.2 Å². The van der Waals surface area contributed by atoms with Gasteiger partial charge in [-0.1, -0.05) is 38.5 Å². The van der Waals surface area contributed by atoms with Crippen molar-refractivity contribution in [1.82, 2.24) is 0 Å². The Labute approximate surface area is 130 Å². The molecule has 1 aromatic carbocycles. The van der Waals surface area contributed by atoms with Crippen molar-refractivity contribution < 1.29 is 18.3 Å². The molecular weight excluding hydrogens is 289 g/mol. The number of aliphatic hydroxyl groups excluding tert-OH is 1. The maximum absolute atomic E-state index is 12.8. The summed E-state index contributed by atoms with van der Waals surface area (Å²) < 4.78 is 38.5. The van der Waals surface area contributed by atoms with E-state index < -0.39 is 11.7 Å². The molecule has 0 fully saturated rings. The second-order valence-electron chi connectivity index (χ2n) is 5.74. The van der Waals surface area contributed by atoms with E-state index in [1.165, 1.54) is 6.07 Å². The monoisotopic (exact) mass is 314 g/mol. The number of hydrogen-bond donors (Lipinski definition) is 1. The van der Waals surface area contributed by atoms with Crippen molar-refractivity contribution in [3.8, 4) is 0 Å². The summed E-state index contributed by atoms with van der Waals surface area (Å²) >= 11 is 0. The highest BCUT2D eigenvalue weighted by atomic mass is 19.4. The number of hydrogen-bond acceptors (Lipinski definition) is 1. The predicted molar refractivity (Wildman–Crippen MR) is 83.8 cm³/mol. The van der Waals surface area contributed by atoms with Crippen molar-refractivity contribution >= 4 is 0 Å². The third-order valence-corrected chi connectivity index (χ3v) is 3.81. The van der Waals surface area contributed by atoms with Crippen LogP contribution in [0.15, 0.2) is 30.4 Å². The standard InChI is InChI=1S/C18H25F3O/c1-4-6-17(22)10-7-13(3)11-15-12-16(18(19,20)21)9-8-14(15)5-2/h8-9,12,17,22H,3-7,10-11H2,1-2H3. The van der Waals surface area contributed by atoms with Gasteiger partial charge in [0.2, 0.25) is 0 Å². The SMILES string of the molecule is C=C(CCC(O)CCC)Cc1cc(C(F)(F)F)ccc1CC. The summed E-state index contributed by atoms with van der Waals surface area (Å²) in [6.45, 7) is 7.90. The van der Waals surface area contributed by atoms with Gasteiger partial charge in [0.1, 0.15) is 0 Å². The van der Waals surface area contributed by atoms with E-state index in [0.717, 1.165) is 30.0 Å². The van der Waals surface area contributed by atoms with Crippen molar-refractivity contribution in [2.24, 2.45) is 0 Å². The van der Waals surface area contributed by atoms with Crippen LogP contribution in [0.5, 0.6) is 0 Å². The lowest BCUT2D eigenvalue weighted by Crippen LogP contribution is -2.08. The third-order valence-electron chi connectivity index (χ3n) is 3.81. The fraction of sp³-hybridized carbons (Fsp3) is 0.556. The number of alkyl halides is 3. The van der Waals surface area contributed by atoms with Crippen LogP contribution in [-0.4, -0.2) is 11.2 Å². The number of rotatable bonds is 8. The fourth-order valence-corrected chi connectivity index (χ4v) is 2.52. The molecule has 0 saturated carbocycles. The normalized spacial score (nSPS) is 13.2. The Morgan fingerprint density at radius 2 is 1.86 bits per heavy atom. The van der Waals surface area contributed by atoms with Crippen molar-refractivity contribution in [2.75, 3.05) is 0 Å². The van der Waals surface area contributed by atoms with E-state index >= 15 is 0 Å². The highest BCUT2D eigenvalue weighted by Crippen LogP contribution is 2.31. The molecule has 0 aliphatic rings. The van der Waals surface area contributed by atoms with Gasteiger partial charge >= 0.3 is 6.18 Å².